The summed E-state index contributed by atoms with van der Waals surface area (Å²) in [5.74, 6) is 0.952. The Labute approximate surface area is 125 Å². The van der Waals surface area contributed by atoms with Crippen LogP contribution in [-0.4, -0.2) is 43.6 Å². The molecule has 1 saturated heterocycles. The van der Waals surface area contributed by atoms with Gasteiger partial charge in [-0.25, -0.2) is 0 Å². The van der Waals surface area contributed by atoms with Crippen molar-refractivity contribution in [2.75, 3.05) is 26.7 Å². The Balaban J connectivity index is 1.60. The van der Waals surface area contributed by atoms with Gasteiger partial charge in [-0.15, -0.1) is 11.3 Å². The number of likely N-dealkylation sites (tertiary alicyclic amines) is 1. The highest BCUT2D eigenvalue weighted by Gasteiger charge is 2.26. The highest BCUT2D eigenvalue weighted by Crippen LogP contribution is 2.27. The van der Waals surface area contributed by atoms with Gasteiger partial charge in [-0.1, -0.05) is 6.07 Å². The molecule has 4 nitrogen and oxygen atoms in total. The molecule has 1 aliphatic carbocycles. The molecule has 0 radical (unpaired) electrons. The molecule has 1 unspecified atom stereocenters. The molecule has 1 atom stereocenters. The molecule has 0 spiro atoms. The van der Waals surface area contributed by atoms with Crippen LogP contribution in [0.4, 0.5) is 0 Å². The van der Waals surface area contributed by atoms with Crippen LogP contribution in [0.2, 0.25) is 0 Å². The van der Waals surface area contributed by atoms with Crippen molar-refractivity contribution < 1.29 is 0 Å². The maximum absolute atomic E-state index is 4.33. The van der Waals surface area contributed by atoms with Crippen LogP contribution in [0, 0.1) is 0 Å². The highest BCUT2D eigenvalue weighted by atomic mass is 32.1. The number of nitrogens with one attached hydrogen (secondary N) is 2. The van der Waals surface area contributed by atoms with Crippen molar-refractivity contribution in [3.05, 3.63) is 22.4 Å². The first-order chi connectivity index (χ1) is 9.86. The highest BCUT2D eigenvalue weighted by molar-refractivity contribution is 7.10. The van der Waals surface area contributed by atoms with E-state index in [0.717, 1.165) is 12.5 Å². The Morgan fingerprint density at radius 1 is 1.45 bits per heavy atom. The van der Waals surface area contributed by atoms with Gasteiger partial charge in [-0.3, -0.25) is 9.89 Å². The Morgan fingerprint density at radius 3 is 2.85 bits per heavy atom. The Bertz CT molecular complexity index is 433. The summed E-state index contributed by atoms with van der Waals surface area (Å²) in [5.41, 5.74) is 0. The fraction of sp³-hybridized carbons (Fsp3) is 0.667. The quantitative estimate of drug-likeness (QED) is 0.646. The molecule has 5 heteroatoms. The van der Waals surface area contributed by atoms with Crippen molar-refractivity contribution in [1.29, 1.82) is 0 Å². The largest absolute Gasteiger partial charge is 0.354 e. The lowest BCUT2D eigenvalue weighted by atomic mass is 10.2. The Kier molecular flexibility index (Phi) is 4.58. The van der Waals surface area contributed by atoms with Gasteiger partial charge in [0.25, 0.3) is 0 Å². The fourth-order valence-corrected chi connectivity index (χ4v) is 3.61. The SMILES string of the molecule is CN=C(NCC(c1cccs1)N1CCCC1)NC1CC1. The molecule has 110 valence electrons. The smallest absolute Gasteiger partial charge is 0.191 e. The van der Waals surface area contributed by atoms with Gasteiger partial charge in [0.15, 0.2) is 5.96 Å². The summed E-state index contributed by atoms with van der Waals surface area (Å²) in [6, 6.07) is 5.54. The van der Waals surface area contributed by atoms with Crippen LogP contribution >= 0.6 is 11.3 Å². The van der Waals surface area contributed by atoms with Gasteiger partial charge < -0.3 is 10.6 Å². The van der Waals surface area contributed by atoms with Gasteiger partial charge >= 0.3 is 0 Å². The van der Waals surface area contributed by atoms with Crippen molar-refractivity contribution >= 4 is 17.3 Å². The van der Waals surface area contributed by atoms with E-state index in [1.807, 2.05) is 18.4 Å². The molecule has 2 N–H and O–H groups in total. The van der Waals surface area contributed by atoms with Crippen LogP contribution in [0.15, 0.2) is 22.5 Å². The van der Waals surface area contributed by atoms with Crippen LogP contribution in [0.25, 0.3) is 0 Å². The second kappa shape index (κ2) is 6.59. The van der Waals surface area contributed by atoms with E-state index in [2.05, 4.69) is 38.0 Å². The van der Waals surface area contributed by atoms with E-state index >= 15 is 0 Å². The molecule has 20 heavy (non-hydrogen) atoms. The number of aliphatic imine (C=N–C) groups is 1. The van der Waals surface area contributed by atoms with Crippen molar-refractivity contribution in [2.45, 2.75) is 37.8 Å². The summed E-state index contributed by atoms with van der Waals surface area (Å²) in [5, 5.41) is 9.14. The number of hydrogen-bond donors (Lipinski definition) is 2. The molecular weight excluding hydrogens is 268 g/mol. The monoisotopic (exact) mass is 292 g/mol. The van der Waals surface area contributed by atoms with Gasteiger partial charge in [-0.2, -0.15) is 0 Å². The van der Waals surface area contributed by atoms with Gasteiger partial charge in [0.05, 0.1) is 6.04 Å². The van der Waals surface area contributed by atoms with E-state index in [-0.39, 0.29) is 0 Å². The number of hydrogen-bond acceptors (Lipinski definition) is 3. The summed E-state index contributed by atoms with van der Waals surface area (Å²) in [4.78, 5) is 8.39. The van der Waals surface area contributed by atoms with Gasteiger partial charge in [0, 0.05) is 24.5 Å². The van der Waals surface area contributed by atoms with E-state index in [9.17, 15) is 0 Å². The molecule has 3 rings (SSSR count). The average molecular weight is 292 g/mol. The van der Waals surface area contributed by atoms with Crippen LogP contribution < -0.4 is 10.6 Å². The summed E-state index contributed by atoms with van der Waals surface area (Å²) < 4.78 is 0. The molecule has 1 aromatic heterocycles. The summed E-state index contributed by atoms with van der Waals surface area (Å²) >= 11 is 1.86. The zero-order chi connectivity index (χ0) is 13.8. The van der Waals surface area contributed by atoms with Gasteiger partial charge in [0.2, 0.25) is 0 Å². The third-order valence-corrected chi connectivity index (χ3v) is 5.03. The van der Waals surface area contributed by atoms with Crippen LogP contribution in [-0.2, 0) is 0 Å². The second-order valence-electron chi connectivity index (χ2n) is 5.65. The number of nitrogens with zero attached hydrogens (tertiary/aromatic N) is 2. The Hall–Kier alpha value is -1.07. The third-order valence-electron chi connectivity index (χ3n) is 4.06. The van der Waals surface area contributed by atoms with Crippen LogP contribution in [0.3, 0.4) is 0 Å². The van der Waals surface area contributed by atoms with E-state index in [4.69, 9.17) is 0 Å². The predicted molar refractivity (Wildman–Crippen MR) is 85.4 cm³/mol. The number of rotatable bonds is 5. The Morgan fingerprint density at radius 2 is 2.25 bits per heavy atom. The second-order valence-corrected chi connectivity index (χ2v) is 6.63. The third kappa shape index (κ3) is 3.52. The lowest BCUT2D eigenvalue weighted by Gasteiger charge is -2.27. The first-order valence-electron chi connectivity index (χ1n) is 7.61. The minimum Gasteiger partial charge on any atom is -0.354 e. The summed E-state index contributed by atoms with van der Waals surface area (Å²) in [7, 11) is 1.85. The topological polar surface area (TPSA) is 39.7 Å². The molecule has 2 aliphatic rings. The number of guanidine groups is 1. The molecule has 0 bridgehead atoms. The summed E-state index contributed by atoms with van der Waals surface area (Å²) in [6.45, 7) is 3.38. The molecule has 1 aliphatic heterocycles. The maximum Gasteiger partial charge on any atom is 0.191 e. The van der Waals surface area contributed by atoms with E-state index in [1.165, 1.54) is 43.6 Å². The normalized spacial score (nSPS) is 21.9. The van der Waals surface area contributed by atoms with Crippen molar-refractivity contribution in [2.24, 2.45) is 4.99 Å². The first-order valence-corrected chi connectivity index (χ1v) is 8.49. The molecule has 2 heterocycles. The van der Waals surface area contributed by atoms with Gasteiger partial charge in [-0.05, 0) is 50.2 Å². The molecule has 1 saturated carbocycles. The summed E-state index contributed by atoms with van der Waals surface area (Å²) in [6.07, 6.45) is 5.22. The fourth-order valence-electron chi connectivity index (χ4n) is 2.75. The predicted octanol–water partition coefficient (Wildman–Crippen LogP) is 2.21. The molecular formula is C15H24N4S. The lowest BCUT2D eigenvalue weighted by Crippen LogP contribution is -2.43. The lowest BCUT2D eigenvalue weighted by molar-refractivity contribution is 0.249. The molecule has 2 fully saturated rings. The van der Waals surface area contributed by atoms with Gasteiger partial charge in [0.1, 0.15) is 0 Å². The van der Waals surface area contributed by atoms with Crippen molar-refractivity contribution in [3.8, 4) is 0 Å². The zero-order valence-electron chi connectivity index (χ0n) is 12.1. The van der Waals surface area contributed by atoms with Crippen molar-refractivity contribution in [1.82, 2.24) is 15.5 Å². The molecule has 0 amide bonds. The van der Waals surface area contributed by atoms with E-state index < -0.39 is 0 Å². The minimum absolute atomic E-state index is 0.482. The van der Waals surface area contributed by atoms with Crippen LogP contribution in [0.1, 0.15) is 36.6 Å². The van der Waals surface area contributed by atoms with Crippen molar-refractivity contribution in [3.63, 3.8) is 0 Å². The standard InChI is InChI=1S/C15H24N4S/c1-16-15(18-12-6-7-12)17-11-13(14-5-4-10-20-14)19-8-2-3-9-19/h4-5,10,12-13H,2-3,6-9,11H2,1H3,(H2,16,17,18). The molecule has 0 aromatic carbocycles. The maximum atomic E-state index is 4.33. The minimum atomic E-state index is 0.482. The zero-order valence-corrected chi connectivity index (χ0v) is 13.0. The number of thiophene rings is 1. The molecule has 1 aromatic rings. The van der Waals surface area contributed by atoms with E-state index in [0.29, 0.717) is 12.1 Å². The first kappa shape index (κ1) is 13.9. The van der Waals surface area contributed by atoms with Crippen LogP contribution in [0.5, 0.6) is 0 Å². The van der Waals surface area contributed by atoms with E-state index in [1.54, 1.807) is 0 Å². The average Bonchev–Trinajstić information content (AvgIpc) is 2.97.